The van der Waals surface area contributed by atoms with Crippen LogP contribution in [0, 0.1) is 0 Å². The lowest BCUT2D eigenvalue weighted by molar-refractivity contribution is 0.650. The number of rotatable bonds is 2. The average Bonchev–Trinajstić information content (AvgIpc) is 2.85. The van der Waals surface area contributed by atoms with E-state index < -0.39 is 0 Å². The summed E-state index contributed by atoms with van der Waals surface area (Å²) < 4.78 is 4.94. The minimum atomic E-state index is 1.03. The van der Waals surface area contributed by atoms with Gasteiger partial charge in [0.05, 0.1) is 0 Å². The van der Waals surface area contributed by atoms with Crippen LogP contribution in [0.5, 0.6) is 11.5 Å². The zero-order chi connectivity index (χ0) is 8.81. The summed E-state index contributed by atoms with van der Waals surface area (Å²) in [5.41, 5.74) is 0. The highest BCUT2D eigenvalue weighted by atomic mass is 79.9. The van der Waals surface area contributed by atoms with Gasteiger partial charge in [0.1, 0.15) is 0 Å². The summed E-state index contributed by atoms with van der Waals surface area (Å²) in [6.07, 6.45) is 2.60. The van der Waals surface area contributed by atoms with Gasteiger partial charge in [0.15, 0.2) is 11.5 Å². The van der Waals surface area contributed by atoms with Crippen LogP contribution >= 0.6 is 15.9 Å². The molecule has 0 atom stereocenters. The molecule has 0 N–H and O–H groups in total. The van der Waals surface area contributed by atoms with Crippen LogP contribution in [-0.4, -0.2) is 5.33 Å². The van der Waals surface area contributed by atoms with E-state index in [9.17, 15) is 0 Å². The predicted octanol–water partition coefficient (Wildman–Crippen LogP) is 3.97. The van der Waals surface area contributed by atoms with Gasteiger partial charge in [0.25, 0.3) is 0 Å². The van der Waals surface area contributed by atoms with Crippen LogP contribution in [0.4, 0.5) is 0 Å². The Kier molecular flexibility index (Phi) is 4.15. The molecule has 1 heterocycles. The summed E-state index contributed by atoms with van der Waals surface area (Å²) in [7, 11) is 0. The van der Waals surface area contributed by atoms with Crippen LogP contribution in [0.25, 0.3) is 0 Å². The molecule has 2 heteroatoms. The Hall–Kier alpha value is -0.500. The Labute approximate surface area is 81.9 Å². The van der Waals surface area contributed by atoms with E-state index in [0.29, 0.717) is 0 Å². The number of unbranched alkanes of at least 4 members (excludes halogenated alkanes) is 1. The molecule has 0 unspecified atom stereocenters. The van der Waals surface area contributed by atoms with Crippen molar-refractivity contribution >= 4 is 15.9 Å². The van der Waals surface area contributed by atoms with E-state index in [2.05, 4.69) is 22.9 Å². The van der Waals surface area contributed by atoms with Crippen molar-refractivity contribution in [3.05, 3.63) is 24.3 Å². The van der Waals surface area contributed by atoms with Gasteiger partial charge >= 0.3 is 0 Å². The second kappa shape index (κ2) is 5.20. The fourth-order valence-electron chi connectivity index (χ4n) is 0.745. The lowest BCUT2D eigenvalue weighted by atomic mass is 10.4. The van der Waals surface area contributed by atoms with Gasteiger partial charge in [-0.1, -0.05) is 41.4 Å². The molecule has 0 saturated carbocycles. The van der Waals surface area contributed by atoms with E-state index in [1.165, 1.54) is 12.8 Å². The van der Waals surface area contributed by atoms with Crippen molar-refractivity contribution in [2.45, 2.75) is 19.8 Å². The normalized spacial score (nSPS) is 10.5. The molecule has 0 aliphatic carbocycles. The van der Waals surface area contributed by atoms with Crippen LogP contribution in [0.15, 0.2) is 24.3 Å². The first-order valence-corrected chi connectivity index (χ1v) is 5.33. The molecule has 1 aliphatic heterocycles. The second-order valence-corrected chi connectivity index (χ2v) is 3.38. The van der Waals surface area contributed by atoms with Gasteiger partial charge in [0, 0.05) is 5.33 Å². The summed E-state index contributed by atoms with van der Waals surface area (Å²) >= 11 is 3.31. The van der Waals surface area contributed by atoms with E-state index in [-0.39, 0.29) is 0 Å². The lowest BCUT2D eigenvalue weighted by Crippen LogP contribution is -1.64. The molecule has 1 nitrogen and oxygen atoms in total. The maximum absolute atomic E-state index is 4.94. The molecule has 1 aromatic carbocycles. The van der Waals surface area contributed by atoms with Gasteiger partial charge in [-0.25, -0.2) is 0 Å². The van der Waals surface area contributed by atoms with E-state index in [1.807, 2.05) is 24.3 Å². The molecule has 0 amide bonds. The predicted molar refractivity (Wildman–Crippen MR) is 55.2 cm³/mol. The van der Waals surface area contributed by atoms with Gasteiger partial charge in [0.2, 0.25) is 0 Å². The summed E-state index contributed by atoms with van der Waals surface area (Å²) in [4.78, 5) is 0. The minimum absolute atomic E-state index is 1.03. The number of benzene rings is 1. The summed E-state index contributed by atoms with van der Waals surface area (Å²) in [5.74, 6) is 2.06. The first-order valence-electron chi connectivity index (χ1n) is 4.21. The van der Waals surface area contributed by atoms with E-state index in [4.69, 9.17) is 4.74 Å². The Bertz CT molecular complexity index is 212. The van der Waals surface area contributed by atoms with Crippen molar-refractivity contribution in [1.29, 1.82) is 0 Å². The third-order valence-corrected chi connectivity index (χ3v) is 2.08. The first kappa shape index (κ1) is 9.59. The van der Waals surface area contributed by atoms with Gasteiger partial charge in [-0.05, 0) is 18.6 Å². The summed E-state index contributed by atoms with van der Waals surface area (Å²) in [5, 5.41) is 1.16. The molecule has 0 spiro atoms. The number of hydrogen-bond donors (Lipinski definition) is 0. The van der Waals surface area contributed by atoms with E-state index in [1.54, 1.807) is 0 Å². The monoisotopic (exact) mass is 228 g/mol. The Balaban J connectivity index is 0.000000130. The van der Waals surface area contributed by atoms with Crippen molar-refractivity contribution < 1.29 is 4.74 Å². The van der Waals surface area contributed by atoms with Crippen LogP contribution < -0.4 is 4.74 Å². The molecule has 0 radical (unpaired) electrons. The highest BCUT2D eigenvalue weighted by molar-refractivity contribution is 9.09. The van der Waals surface area contributed by atoms with Crippen molar-refractivity contribution in [3.8, 4) is 11.5 Å². The molecule has 66 valence electrons. The topological polar surface area (TPSA) is 12.5 Å². The van der Waals surface area contributed by atoms with Gasteiger partial charge in [-0.2, -0.15) is 0 Å². The number of fused-ring (bicyclic) bond motifs is 1. The molecular formula is C10H13BrO. The first-order chi connectivity index (χ1) is 5.88. The molecule has 0 saturated heterocycles. The van der Waals surface area contributed by atoms with Crippen LogP contribution in [0.1, 0.15) is 19.8 Å². The zero-order valence-electron chi connectivity index (χ0n) is 7.22. The molecule has 0 aromatic heterocycles. The van der Waals surface area contributed by atoms with E-state index in [0.717, 1.165) is 16.8 Å². The van der Waals surface area contributed by atoms with Crippen molar-refractivity contribution in [1.82, 2.24) is 0 Å². The highest BCUT2D eigenvalue weighted by Crippen LogP contribution is 2.43. The number of ether oxygens (including phenoxy) is 1. The van der Waals surface area contributed by atoms with Crippen LogP contribution in [-0.2, 0) is 0 Å². The van der Waals surface area contributed by atoms with Gasteiger partial charge < -0.3 is 4.74 Å². The highest BCUT2D eigenvalue weighted by Gasteiger charge is 2.15. The number of hydrogen-bond acceptors (Lipinski definition) is 1. The maximum atomic E-state index is 4.94. The minimum Gasteiger partial charge on any atom is -0.450 e. The quantitative estimate of drug-likeness (QED) is 0.560. The third-order valence-electron chi connectivity index (χ3n) is 1.51. The van der Waals surface area contributed by atoms with Gasteiger partial charge in [-0.3, -0.25) is 0 Å². The second-order valence-electron chi connectivity index (χ2n) is 2.59. The molecular weight excluding hydrogens is 216 g/mol. The van der Waals surface area contributed by atoms with Crippen LogP contribution in [0.3, 0.4) is 0 Å². The van der Waals surface area contributed by atoms with Crippen LogP contribution in [0.2, 0.25) is 0 Å². The molecule has 2 rings (SSSR count). The SMILES string of the molecule is CCCCBr.c1ccc2c(c1)O2. The summed E-state index contributed by atoms with van der Waals surface area (Å²) in [6, 6.07) is 7.84. The molecule has 12 heavy (non-hydrogen) atoms. The van der Waals surface area contributed by atoms with E-state index >= 15 is 0 Å². The van der Waals surface area contributed by atoms with Gasteiger partial charge in [-0.15, -0.1) is 0 Å². The van der Waals surface area contributed by atoms with Crippen molar-refractivity contribution in [2.75, 3.05) is 5.33 Å². The lowest BCUT2D eigenvalue weighted by Gasteiger charge is -1.77. The molecule has 1 aliphatic rings. The Morgan fingerprint density at radius 3 is 2.08 bits per heavy atom. The van der Waals surface area contributed by atoms with Crippen molar-refractivity contribution in [3.63, 3.8) is 0 Å². The van der Waals surface area contributed by atoms with Crippen molar-refractivity contribution in [2.24, 2.45) is 0 Å². The Morgan fingerprint density at radius 2 is 1.83 bits per heavy atom. The number of halogens is 1. The smallest absolute Gasteiger partial charge is 0.170 e. The molecule has 0 bridgehead atoms. The third kappa shape index (κ3) is 3.26. The fraction of sp³-hybridized carbons (Fsp3) is 0.400. The maximum Gasteiger partial charge on any atom is 0.170 e. The molecule has 1 aromatic rings. The molecule has 0 fully saturated rings. The largest absolute Gasteiger partial charge is 0.450 e. The number of para-hydroxylation sites is 2. The Morgan fingerprint density at radius 1 is 1.25 bits per heavy atom. The average molecular weight is 229 g/mol. The number of alkyl halides is 1. The summed E-state index contributed by atoms with van der Waals surface area (Å²) in [6.45, 7) is 2.18. The fourth-order valence-corrected chi connectivity index (χ4v) is 1.31. The zero-order valence-corrected chi connectivity index (χ0v) is 8.80. The standard InChI is InChI=1S/C6H4O.C4H9Br/c1-2-4-6-5(3-1)7-6;1-2-3-4-5/h1-4H;2-4H2,1H3.